The van der Waals surface area contributed by atoms with Crippen LogP contribution in [0.15, 0.2) is 28.7 Å². The maximum Gasteiger partial charge on any atom is 0.165 e. The molecule has 1 aliphatic rings. The Morgan fingerprint density at radius 1 is 1.26 bits per heavy atom. The normalized spacial score (nSPS) is 18.0. The Balaban J connectivity index is 2.05. The van der Waals surface area contributed by atoms with Gasteiger partial charge in [-0.3, -0.25) is 0 Å². The molecule has 1 fully saturated rings. The average molecular weight is 394 g/mol. The fourth-order valence-corrected chi connectivity index (χ4v) is 3.66. The van der Waals surface area contributed by atoms with Crippen molar-refractivity contribution in [3.05, 3.63) is 39.7 Å². The van der Waals surface area contributed by atoms with Crippen molar-refractivity contribution in [3.8, 4) is 11.4 Å². The maximum atomic E-state index is 6.31. The maximum absolute atomic E-state index is 6.31. The minimum Gasteiger partial charge on any atom is -0.379 e. The van der Waals surface area contributed by atoms with E-state index in [1.165, 1.54) is 0 Å². The van der Waals surface area contributed by atoms with E-state index in [0.29, 0.717) is 23.1 Å². The first kappa shape index (κ1) is 15.1. The molecule has 118 valence electrons. The van der Waals surface area contributed by atoms with Crippen LogP contribution in [0, 0.1) is 6.92 Å². The highest BCUT2D eigenvalue weighted by Gasteiger charge is 2.26. The molecule has 1 atom stereocenters. The molecule has 0 unspecified atom stereocenters. The van der Waals surface area contributed by atoms with E-state index in [9.17, 15) is 0 Å². The van der Waals surface area contributed by atoms with Crippen molar-refractivity contribution in [1.29, 1.82) is 0 Å². The van der Waals surface area contributed by atoms with Gasteiger partial charge in [0.05, 0.1) is 12.6 Å². The van der Waals surface area contributed by atoms with Crippen LogP contribution in [-0.4, -0.2) is 32.7 Å². The summed E-state index contributed by atoms with van der Waals surface area (Å²) in [5.74, 6) is 1.48. The average Bonchev–Trinajstić information content (AvgIpc) is 3.14. The topological polar surface area (TPSA) is 52.8 Å². The fraction of sp³-hybridized carbons (Fsp3) is 0.312. The van der Waals surface area contributed by atoms with E-state index >= 15 is 0 Å². The van der Waals surface area contributed by atoms with Gasteiger partial charge in [-0.15, -0.1) is 0 Å². The lowest BCUT2D eigenvalue weighted by molar-refractivity contribution is 0.187. The van der Waals surface area contributed by atoms with Crippen LogP contribution in [0.2, 0.25) is 5.15 Å². The molecule has 0 amide bonds. The van der Waals surface area contributed by atoms with Gasteiger partial charge in [-0.25, -0.2) is 15.0 Å². The number of hydrogen-bond donors (Lipinski definition) is 0. The smallest absolute Gasteiger partial charge is 0.165 e. The third-order valence-corrected chi connectivity index (χ3v) is 4.95. The summed E-state index contributed by atoms with van der Waals surface area (Å²) in [6.07, 6.45) is 0.934. The number of hydrogen-bond acceptors (Lipinski definition) is 4. The minimum absolute atomic E-state index is 0.201. The summed E-state index contributed by atoms with van der Waals surface area (Å²) in [7, 11) is 0. The number of aryl methyl sites for hydroxylation is 1. The summed E-state index contributed by atoms with van der Waals surface area (Å²) >= 11 is 9.92. The molecule has 1 aromatic carbocycles. The lowest BCUT2D eigenvalue weighted by atomic mass is 10.2. The molecule has 0 spiro atoms. The Labute approximate surface area is 146 Å². The van der Waals surface area contributed by atoms with E-state index in [-0.39, 0.29) is 6.04 Å². The summed E-state index contributed by atoms with van der Waals surface area (Å²) in [4.78, 5) is 13.6. The van der Waals surface area contributed by atoms with E-state index in [0.717, 1.165) is 34.5 Å². The molecule has 0 bridgehead atoms. The number of benzene rings is 1. The first-order valence-corrected chi connectivity index (χ1v) is 8.57. The standard InChI is InChI=1S/C16H14BrClN4O/c1-9-19-14(18)13-16(20-9)22(10-6-7-23-8-10)15(21-13)11-4-2-3-5-12(11)17/h2-5,10H,6-8H2,1H3/t10-/m0/s1. The molecule has 0 saturated carbocycles. The zero-order valence-electron chi connectivity index (χ0n) is 12.5. The predicted octanol–water partition coefficient (Wildman–Crippen LogP) is 4.18. The summed E-state index contributed by atoms with van der Waals surface area (Å²) in [5.41, 5.74) is 2.41. The van der Waals surface area contributed by atoms with Gasteiger partial charge in [0.2, 0.25) is 0 Å². The van der Waals surface area contributed by atoms with Crippen molar-refractivity contribution in [2.24, 2.45) is 0 Å². The van der Waals surface area contributed by atoms with Crippen molar-refractivity contribution in [2.75, 3.05) is 13.2 Å². The number of rotatable bonds is 2. The highest BCUT2D eigenvalue weighted by Crippen LogP contribution is 2.35. The van der Waals surface area contributed by atoms with Gasteiger partial charge in [-0.1, -0.05) is 45.7 Å². The number of nitrogens with zero attached hydrogens (tertiary/aromatic N) is 4. The van der Waals surface area contributed by atoms with Crippen LogP contribution < -0.4 is 0 Å². The Morgan fingerprint density at radius 3 is 2.83 bits per heavy atom. The first-order chi connectivity index (χ1) is 11.1. The fourth-order valence-electron chi connectivity index (χ4n) is 2.95. The third-order valence-electron chi connectivity index (χ3n) is 3.99. The van der Waals surface area contributed by atoms with Crippen LogP contribution in [0.4, 0.5) is 0 Å². The van der Waals surface area contributed by atoms with Crippen molar-refractivity contribution in [3.63, 3.8) is 0 Å². The molecule has 5 nitrogen and oxygen atoms in total. The second-order valence-electron chi connectivity index (χ2n) is 5.54. The van der Waals surface area contributed by atoms with Gasteiger partial charge in [0.25, 0.3) is 0 Å². The lowest BCUT2D eigenvalue weighted by Gasteiger charge is -2.15. The van der Waals surface area contributed by atoms with Crippen molar-refractivity contribution >= 4 is 38.7 Å². The number of halogens is 2. The Bertz CT molecular complexity index is 889. The molecule has 0 N–H and O–H groups in total. The van der Waals surface area contributed by atoms with Crippen molar-refractivity contribution in [1.82, 2.24) is 19.5 Å². The van der Waals surface area contributed by atoms with Gasteiger partial charge in [-0.2, -0.15) is 0 Å². The predicted molar refractivity (Wildman–Crippen MR) is 92.7 cm³/mol. The SMILES string of the molecule is Cc1nc(Cl)c2nc(-c3ccccc3Br)n([C@H]3CCOC3)c2n1. The van der Waals surface area contributed by atoms with E-state index in [1.54, 1.807) is 0 Å². The zero-order chi connectivity index (χ0) is 16.0. The monoisotopic (exact) mass is 392 g/mol. The van der Waals surface area contributed by atoms with Crippen LogP contribution in [0.25, 0.3) is 22.6 Å². The van der Waals surface area contributed by atoms with Crippen LogP contribution in [0.3, 0.4) is 0 Å². The summed E-state index contributed by atoms with van der Waals surface area (Å²) < 4.78 is 8.70. The highest BCUT2D eigenvalue weighted by atomic mass is 79.9. The van der Waals surface area contributed by atoms with E-state index in [2.05, 4.69) is 30.5 Å². The Morgan fingerprint density at radius 2 is 2.09 bits per heavy atom. The molecule has 2 aromatic heterocycles. The molecule has 23 heavy (non-hydrogen) atoms. The number of imidazole rings is 1. The van der Waals surface area contributed by atoms with E-state index in [1.807, 2.05) is 31.2 Å². The summed E-state index contributed by atoms with van der Waals surface area (Å²) in [5, 5.41) is 0.387. The quantitative estimate of drug-likeness (QED) is 0.613. The molecule has 3 aromatic rings. The van der Waals surface area contributed by atoms with Gasteiger partial charge >= 0.3 is 0 Å². The summed E-state index contributed by atoms with van der Waals surface area (Å²) in [6, 6.07) is 8.21. The first-order valence-electron chi connectivity index (χ1n) is 7.40. The molecule has 3 heterocycles. The van der Waals surface area contributed by atoms with Gasteiger partial charge in [0, 0.05) is 16.6 Å². The number of fused-ring (bicyclic) bond motifs is 1. The lowest BCUT2D eigenvalue weighted by Crippen LogP contribution is -2.11. The van der Waals surface area contributed by atoms with Crippen LogP contribution in [0.1, 0.15) is 18.3 Å². The van der Waals surface area contributed by atoms with Gasteiger partial charge in [0.1, 0.15) is 17.2 Å². The van der Waals surface area contributed by atoms with Gasteiger partial charge in [0.15, 0.2) is 10.8 Å². The van der Waals surface area contributed by atoms with Crippen molar-refractivity contribution in [2.45, 2.75) is 19.4 Å². The van der Waals surface area contributed by atoms with Gasteiger partial charge < -0.3 is 9.30 Å². The Hall–Kier alpha value is -1.50. The largest absolute Gasteiger partial charge is 0.379 e. The second-order valence-corrected chi connectivity index (χ2v) is 6.75. The second kappa shape index (κ2) is 5.85. The molecule has 1 saturated heterocycles. The molecule has 0 radical (unpaired) electrons. The molecular weight excluding hydrogens is 380 g/mol. The number of ether oxygens (including phenoxy) is 1. The van der Waals surface area contributed by atoms with Crippen molar-refractivity contribution < 1.29 is 4.74 Å². The third kappa shape index (κ3) is 2.55. The van der Waals surface area contributed by atoms with E-state index < -0.39 is 0 Å². The molecule has 7 heteroatoms. The van der Waals surface area contributed by atoms with Gasteiger partial charge in [-0.05, 0) is 19.4 Å². The minimum atomic E-state index is 0.201. The van der Waals surface area contributed by atoms with E-state index in [4.69, 9.17) is 21.3 Å². The summed E-state index contributed by atoms with van der Waals surface area (Å²) in [6.45, 7) is 3.24. The van der Waals surface area contributed by atoms with Crippen LogP contribution in [-0.2, 0) is 4.74 Å². The molecular formula is C16H14BrClN4O. The molecule has 1 aliphatic heterocycles. The van der Waals surface area contributed by atoms with Crippen LogP contribution >= 0.6 is 27.5 Å². The Kier molecular flexibility index (Phi) is 3.83. The van der Waals surface area contributed by atoms with Crippen LogP contribution in [0.5, 0.6) is 0 Å². The molecule has 0 aliphatic carbocycles. The molecule has 4 rings (SSSR count). The zero-order valence-corrected chi connectivity index (χ0v) is 14.8. The highest BCUT2D eigenvalue weighted by molar-refractivity contribution is 9.10. The number of aromatic nitrogens is 4.